The summed E-state index contributed by atoms with van der Waals surface area (Å²) in [6, 6.07) is 0.245. The van der Waals surface area contributed by atoms with Gasteiger partial charge in [-0.15, -0.1) is 0 Å². The number of rotatable bonds is 4. The van der Waals surface area contributed by atoms with Gasteiger partial charge in [-0.25, -0.2) is 4.79 Å². The number of aromatic nitrogens is 2. The molecule has 0 saturated heterocycles. The molecule has 18 heavy (non-hydrogen) atoms. The van der Waals surface area contributed by atoms with E-state index in [1.54, 1.807) is 46.2 Å². The minimum absolute atomic E-state index is 0.360. The normalized spacial score (nSPS) is 14.9. The van der Waals surface area contributed by atoms with E-state index in [2.05, 4.69) is 10.4 Å². The van der Waals surface area contributed by atoms with Crippen LogP contribution in [0.3, 0.4) is 0 Å². The van der Waals surface area contributed by atoms with Crippen molar-refractivity contribution in [1.29, 1.82) is 0 Å². The van der Waals surface area contributed by atoms with Crippen LogP contribution in [0.5, 0.6) is 0 Å². The van der Waals surface area contributed by atoms with Crippen LogP contribution in [0.4, 0.5) is 0 Å². The molecule has 1 amide bonds. The molecular weight excluding hydrogens is 234 g/mol. The summed E-state index contributed by atoms with van der Waals surface area (Å²) in [4.78, 5) is 23.1. The molecule has 0 spiro atoms. The monoisotopic (exact) mass is 253 g/mol. The van der Waals surface area contributed by atoms with Crippen LogP contribution in [-0.2, 0) is 9.59 Å². The molecule has 2 atom stereocenters. The lowest BCUT2D eigenvalue weighted by molar-refractivity contribution is -0.145. The molecular formula is C12H19N3O3. The summed E-state index contributed by atoms with van der Waals surface area (Å²) in [5, 5.41) is 15.6. The number of nitrogens with zero attached hydrogens (tertiary/aromatic N) is 2. The Labute approximate surface area is 106 Å². The molecule has 6 heteroatoms. The van der Waals surface area contributed by atoms with Gasteiger partial charge in [-0.2, -0.15) is 5.10 Å². The van der Waals surface area contributed by atoms with Gasteiger partial charge in [0.2, 0.25) is 5.91 Å². The molecule has 1 aromatic rings. The van der Waals surface area contributed by atoms with Crippen molar-refractivity contribution in [2.75, 3.05) is 0 Å². The Hall–Kier alpha value is -1.85. The first-order valence-corrected chi connectivity index (χ1v) is 5.76. The molecule has 1 rings (SSSR count). The lowest BCUT2D eigenvalue weighted by Gasteiger charge is -2.28. The number of hydrogen-bond donors (Lipinski definition) is 2. The van der Waals surface area contributed by atoms with Crippen molar-refractivity contribution in [1.82, 2.24) is 15.1 Å². The number of hydrogen-bond acceptors (Lipinski definition) is 3. The van der Waals surface area contributed by atoms with E-state index in [9.17, 15) is 9.59 Å². The van der Waals surface area contributed by atoms with E-state index in [0.29, 0.717) is 0 Å². The van der Waals surface area contributed by atoms with Gasteiger partial charge < -0.3 is 10.4 Å². The molecule has 0 aliphatic heterocycles. The average molecular weight is 253 g/mol. The van der Waals surface area contributed by atoms with Crippen LogP contribution in [0.2, 0.25) is 0 Å². The van der Waals surface area contributed by atoms with Gasteiger partial charge in [0.25, 0.3) is 0 Å². The van der Waals surface area contributed by atoms with Crippen LogP contribution in [-0.4, -0.2) is 32.8 Å². The largest absolute Gasteiger partial charge is 0.480 e. The van der Waals surface area contributed by atoms with E-state index in [0.717, 1.165) is 0 Å². The molecule has 0 aromatic carbocycles. The van der Waals surface area contributed by atoms with E-state index >= 15 is 0 Å². The standard InChI is InChI=1S/C12H19N3O3/c1-8(15-7-5-6-13-15)10(16)14-9(11(17)18)12(2,3)4/h5-9H,1-4H3,(H,14,16)(H,17,18)/t8?,9-/m0/s1. The molecule has 0 bridgehead atoms. The molecule has 100 valence electrons. The van der Waals surface area contributed by atoms with Crippen molar-refractivity contribution in [2.45, 2.75) is 39.8 Å². The fourth-order valence-electron chi connectivity index (χ4n) is 1.54. The molecule has 0 aliphatic carbocycles. The Kier molecular flexibility index (Phi) is 4.11. The van der Waals surface area contributed by atoms with Gasteiger partial charge in [-0.1, -0.05) is 20.8 Å². The van der Waals surface area contributed by atoms with E-state index in [1.165, 1.54) is 4.68 Å². The number of carbonyl (C=O) groups excluding carboxylic acids is 1. The van der Waals surface area contributed by atoms with Crippen molar-refractivity contribution >= 4 is 11.9 Å². The van der Waals surface area contributed by atoms with Gasteiger partial charge in [0.05, 0.1) is 0 Å². The van der Waals surface area contributed by atoms with Gasteiger partial charge >= 0.3 is 5.97 Å². The van der Waals surface area contributed by atoms with Gasteiger partial charge in [-0.05, 0) is 18.4 Å². The SMILES string of the molecule is CC(C(=O)N[C@@H](C(=O)O)C(C)(C)C)n1cccn1. The van der Waals surface area contributed by atoms with E-state index < -0.39 is 23.5 Å². The van der Waals surface area contributed by atoms with Crippen molar-refractivity contribution < 1.29 is 14.7 Å². The highest BCUT2D eigenvalue weighted by Gasteiger charge is 2.33. The third kappa shape index (κ3) is 3.32. The number of amides is 1. The predicted octanol–water partition coefficient (Wildman–Crippen LogP) is 1.06. The first kappa shape index (κ1) is 14.2. The lowest BCUT2D eigenvalue weighted by atomic mass is 9.86. The number of carbonyl (C=O) groups is 2. The fraction of sp³-hybridized carbons (Fsp3) is 0.583. The van der Waals surface area contributed by atoms with Crippen molar-refractivity contribution in [3.05, 3.63) is 18.5 Å². The molecule has 0 radical (unpaired) electrons. The maximum Gasteiger partial charge on any atom is 0.326 e. The predicted molar refractivity (Wildman–Crippen MR) is 66.0 cm³/mol. The molecule has 0 aliphatic rings. The third-order valence-corrected chi connectivity index (χ3v) is 2.70. The fourth-order valence-corrected chi connectivity index (χ4v) is 1.54. The molecule has 1 aromatic heterocycles. The summed E-state index contributed by atoms with van der Waals surface area (Å²) in [5.41, 5.74) is -0.550. The van der Waals surface area contributed by atoms with Crippen LogP contribution in [0.1, 0.15) is 33.7 Å². The summed E-state index contributed by atoms with van der Waals surface area (Å²) in [6.45, 7) is 6.98. The topological polar surface area (TPSA) is 84.2 Å². The van der Waals surface area contributed by atoms with E-state index in [4.69, 9.17) is 5.11 Å². The van der Waals surface area contributed by atoms with Crippen LogP contribution in [0.15, 0.2) is 18.5 Å². The van der Waals surface area contributed by atoms with Crippen LogP contribution in [0, 0.1) is 5.41 Å². The third-order valence-electron chi connectivity index (χ3n) is 2.70. The Morgan fingerprint density at radius 3 is 2.39 bits per heavy atom. The number of carboxylic acids is 1. The zero-order valence-electron chi connectivity index (χ0n) is 11.0. The summed E-state index contributed by atoms with van der Waals surface area (Å²) >= 11 is 0. The first-order valence-electron chi connectivity index (χ1n) is 5.76. The van der Waals surface area contributed by atoms with E-state index in [1.807, 2.05) is 0 Å². The van der Waals surface area contributed by atoms with Crippen molar-refractivity contribution in [2.24, 2.45) is 5.41 Å². The van der Waals surface area contributed by atoms with Gasteiger partial charge in [-0.3, -0.25) is 9.48 Å². The van der Waals surface area contributed by atoms with Crippen LogP contribution in [0.25, 0.3) is 0 Å². The highest BCUT2D eigenvalue weighted by atomic mass is 16.4. The minimum Gasteiger partial charge on any atom is -0.480 e. The molecule has 0 fully saturated rings. The molecule has 0 saturated carbocycles. The Balaban J connectivity index is 2.77. The molecule has 1 heterocycles. The summed E-state index contributed by atoms with van der Waals surface area (Å²) < 4.78 is 1.48. The second-order valence-corrected chi connectivity index (χ2v) is 5.31. The van der Waals surface area contributed by atoms with Gasteiger partial charge in [0, 0.05) is 12.4 Å². The van der Waals surface area contributed by atoms with Crippen LogP contribution >= 0.6 is 0 Å². The molecule has 2 N–H and O–H groups in total. The summed E-state index contributed by atoms with van der Waals surface area (Å²) in [7, 11) is 0. The average Bonchev–Trinajstić information content (AvgIpc) is 2.75. The van der Waals surface area contributed by atoms with Crippen molar-refractivity contribution in [3.8, 4) is 0 Å². The lowest BCUT2D eigenvalue weighted by Crippen LogP contribution is -2.50. The Morgan fingerprint density at radius 2 is 2.00 bits per heavy atom. The maximum atomic E-state index is 12.0. The van der Waals surface area contributed by atoms with Gasteiger partial charge in [0.1, 0.15) is 12.1 Å². The number of carboxylic acid groups (broad SMARTS) is 1. The number of aliphatic carboxylic acids is 1. The zero-order valence-corrected chi connectivity index (χ0v) is 11.0. The minimum atomic E-state index is -1.04. The number of nitrogens with one attached hydrogen (secondary N) is 1. The second kappa shape index (κ2) is 5.20. The zero-order chi connectivity index (χ0) is 13.9. The Bertz CT molecular complexity index is 420. The van der Waals surface area contributed by atoms with Gasteiger partial charge in [0.15, 0.2) is 0 Å². The smallest absolute Gasteiger partial charge is 0.326 e. The maximum absolute atomic E-state index is 12.0. The Morgan fingerprint density at radius 1 is 1.39 bits per heavy atom. The van der Waals surface area contributed by atoms with E-state index in [-0.39, 0.29) is 5.91 Å². The molecule has 6 nitrogen and oxygen atoms in total. The summed E-state index contributed by atoms with van der Waals surface area (Å²) in [6.07, 6.45) is 3.24. The highest BCUT2D eigenvalue weighted by Crippen LogP contribution is 2.20. The summed E-state index contributed by atoms with van der Waals surface area (Å²) in [5.74, 6) is -1.40. The highest BCUT2D eigenvalue weighted by molar-refractivity contribution is 5.86. The van der Waals surface area contributed by atoms with Crippen LogP contribution < -0.4 is 5.32 Å². The quantitative estimate of drug-likeness (QED) is 0.840. The van der Waals surface area contributed by atoms with Crippen molar-refractivity contribution in [3.63, 3.8) is 0 Å². The second-order valence-electron chi connectivity index (χ2n) is 5.31. The first-order chi connectivity index (χ1) is 8.23. The molecule has 1 unspecified atom stereocenters.